The molecule has 5 nitrogen and oxygen atoms in total. The summed E-state index contributed by atoms with van der Waals surface area (Å²) in [6.45, 7) is 3.59. The van der Waals surface area contributed by atoms with E-state index in [1.54, 1.807) is 0 Å². The van der Waals surface area contributed by atoms with Crippen LogP contribution < -0.4 is 10.6 Å². The van der Waals surface area contributed by atoms with Gasteiger partial charge in [-0.1, -0.05) is 0 Å². The molecule has 1 aliphatic rings. The SMILES string of the molecule is CCNc1nccc(C(=O)NC2CCCOC2)c1F. The molecule has 6 heteroatoms. The molecule has 1 fully saturated rings. The number of hydrogen-bond acceptors (Lipinski definition) is 4. The molecular formula is C13H18FN3O2. The number of amides is 1. The van der Waals surface area contributed by atoms with Crippen LogP contribution in [-0.4, -0.2) is 36.7 Å². The quantitative estimate of drug-likeness (QED) is 0.869. The summed E-state index contributed by atoms with van der Waals surface area (Å²) in [5.41, 5.74) is 0.0107. The summed E-state index contributed by atoms with van der Waals surface area (Å²) < 4.78 is 19.3. The van der Waals surface area contributed by atoms with Crippen LogP contribution in [0, 0.1) is 5.82 Å². The van der Waals surface area contributed by atoms with E-state index in [1.165, 1.54) is 12.3 Å². The van der Waals surface area contributed by atoms with Gasteiger partial charge in [-0.3, -0.25) is 4.79 Å². The maximum Gasteiger partial charge on any atom is 0.254 e. The summed E-state index contributed by atoms with van der Waals surface area (Å²) >= 11 is 0. The van der Waals surface area contributed by atoms with Gasteiger partial charge in [0.25, 0.3) is 5.91 Å². The zero-order valence-corrected chi connectivity index (χ0v) is 10.9. The lowest BCUT2D eigenvalue weighted by molar-refractivity contribution is 0.0622. The summed E-state index contributed by atoms with van der Waals surface area (Å²) in [5, 5.41) is 5.57. The number of carbonyl (C=O) groups is 1. The number of rotatable bonds is 4. The topological polar surface area (TPSA) is 63.2 Å². The maximum atomic E-state index is 14.0. The van der Waals surface area contributed by atoms with Gasteiger partial charge in [-0.15, -0.1) is 0 Å². The molecule has 2 heterocycles. The fourth-order valence-corrected chi connectivity index (χ4v) is 2.03. The Morgan fingerprint density at radius 2 is 2.47 bits per heavy atom. The van der Waals surface area contributed by atoms with Gasteiger partial charge in [-0.2, -0.15) is 0 Å². The lowest BCUT2D eigenvalue weighted by atomic mass is 10.1. The second-order valence-corrected chi connectivity index (χ2v) is 4.44. The third-order valence-electron chi connectivity index (χ3n) is 2.97. The minimum atomic E-state index is -0.612. The number of nitrogens with zero attached hydrogens (tertiary/aromatic N) is 1. The Hall–Kier alpha value is -1.69. The summed E-state index contributed by atoms with van der Waals surface area (Å²) in [6, 6.07) is 1.34. The van der Waals surface area contributed by atoms with E-state index in [0.717, 1.165) is 19.4 Å². The molecule has 19 heavy (non-hydrogen) atoms. The molecule has 104 valence electrons. The molecule has 0 aliphatic carbocycles. The molecule has 1 saturated heterocycles. The second-order valence-electron chi connectivity index (χ2n) is 4.44. The van der Waals surface area contributed by atoms with E-state index in [4.69, 9.17) is 4.74 Å². The predicted octanol–water partition coefficient (Wildman–Crippen LogP) is 1.56. The molecule has 0 spiro atoms. The van der Waals surface area contributed by atoms with E-state index in [1.807, 2.05) is 6.92 Å². The molecule has 1 aromatic heterocycles. The second kappa shape index (κ2) is 6.47. The average molecular weight is 267 g/mol. The molecule has 1 unspecified atom stereocenters. The minimum Gasteiger partial charge on any atom is -0.379 e. The van der Waals surface area contributed by atoms with Gasteiger partial charge in [0.05, 0.1) is 18.2 Å². The zero-order chi connectivity index (χ0) is 13.7. The third kappa shape index (κ3) is 3.41. The smallest absolute Gasteiger partial charge is 0.254 e. The number of carbonyl (C=O) groups excluding carboxylic acids is 1. The molecule has 2 rings (SSSR count). The number of anilines is 1. The highest BCUT2D eigenvalue weighted by Gasteiger charge is 2.20. The van der Waals surface area contributed by atoms with Crippen LogP contribution in [-0.2, 0) is 4.74 Å². The van der Waals surface area contributed by atoms with Gasteiger partial charge in [0, 0.05) is 19.3 Å². The van der Waals surface area contributed by atoms with Crippen molar-refractivity contribution in [3.05, 3.63) is 23.6 Å². The van der Waals surface area contributed by atoms with Crippen LogP contribution >= 0.6 is 0 Å². The molecule has 0 radical (unpaired) electrons. The van der Waals surface area contributed by atoms with Crippen LogP contribution in [0.1, 0.15) is 30.1 Å². The predicted molar refractivity (Wildman–Crippen MR) is 69.7 cm³/mol. The van der Waals surface area contributed by atoms with E-state index in [-0.39, 0.29) is 17.4 Å². The van der Waals surface area contributed by atoms with Crippen molar-refractivity contribution in [2.45, 2.75) is 25.8 Å². The molecule has 1 aromatic rings. The standard InChI is InChI=1S/C13H18FN3O2/c1-2-15-12-11(14)10(5-6-16-12)13(18)17-9-4-3-7-19-8-9/h5-6,9H,2-4,7-8H2,1H3,(H,15,16)(H,17,18). The van der Waals surface area contributed by atoms with E-state index in [0.29, 0.717) is 13.2 Å². The number of pyridine rings is 1. The molecule has 0 aromatic carbocycles. The Kier molecular flexibility index (Phi) is 4.68. The van der Waals surface area contributed by atoms with Crippen molar-refractivity contribution in [1.82, 2.24) is 10.3 Å². The van der Waals surface area contributed by atoms with Gasteiger partial charge in [0.1, 0.15) is 0 Å². The first-order valence-corrected chi connectivity index (χ1v) is 6.49. The highest BCUT2D eigenvalue weighted by Crippen LogP contribution is 2.15. The van der Waals surface area contributed by atoms with Crippen molar-refractivity contribution in [2.75, 3.05) is 25.1 Å². The number of hydrogen-bond donors (Lipinski definition) is 2. The molecule has 0 bridgehead atoms. The van der Waals surface area contributed by atoms with Crippen molar-refractivity contribution in [2.24, 2.45) is 0 Å². The molecular weight excluding hydrogens is 249 g/mol. The van der Waals surface area contributed by atoms with Gasteiger partial charge in [0.2, 0.25) is 0 Å². The third-order valence-corrected chi connectivity index (χ3v) is 2.97. The first-order chi connectivity index (χ1) is 9.22. The normalized spacial score (nSPS) is 18.9. The monoisotopic (exact) mass is 267 g/mol. The van der Waals surface area contributed by atoms with Crippen molar-refractivity contribution in [1.29, 1.82) is 0 Å². The Balaban J connectivity index is 2.07. The average Bonchev–Trinajstić information content (AvgIpc) is 2.42. The largest absolute Gasteiger partial charge is 0.379 e. The van der Waals surface area contributed by atoms with E-state index >= 15 is 0 Å². The van der Waals surface area contributed by atoms with Crippen LogP contribution in [0.2, 0.25) is 0 Å². The lowest BCUT2D eigenvalue weighted by Crippen LogP contribution is -2.41. The van der Waals surface area contributed by atoms with Crippen molar-refractivity contribution in [3.63, 3.8) is 0 Å². The van der Waals surface area contributed by atoms with Crippen molar-refractivity contribution < 1.29 is 13.9 Å². The summed E-state index contributed by atoms with van der Waals surface area (Å²) in [5.74, 6) is -0.928. The zero-order valence-electron chi connectivity index (χ0n) is 10.9. The minimum absolute atomic E-state index is 0.0107. The Morgan fingerprint density at radius 3 is 3.16 bits per heavy atom. The summed E-state index contributed by atoms with van der Waals surface area (Å²) in [7, 11) is 0. The fourth-order valence-electron chi connectivity index (χ4n) is 2.03. The molecule has 1 amide bonds. The Bertz CT molecular complexity index is 448. The van der Waals surface area contributed by atoms with Crippen LogP contribution in [0.25, 0.3) is 0 Å². The van der Waals surface area contributed by atoms with Gasteiger partial charge >= 0.3 is 0 Å². The fraction of sp³-hybridized carbons (Fsp3) is 0.538. The van der Waals surface area contributed by atoms with Gasteiger partial charge in [-0.25, -0.2) is 9.37 Å². The van der Waals surface area contributed by atoms with Crippen LogP contribution in [0.3, 0.4) is 0 Å². The van der Waals surface area contributed by atoms with Crippen molar-refractivity contribution in [3.8, 4) is 0 Å². The highest BCUT2D eigenvalue weighted by atomic mass is 19.1. The first kappa shape index (κ1) is 13.7. The number of nitrogens with one attached hydrogen (secondary N) is 2. The molecule has 0 saturated carbocycles. The molecule has 1 atom stereocenters. The number of ether oxygens (including phenoxy) is 1. The maximum absolute atomic E-state index is 14.0. The molecule has 2 N–H and O–H groups in total. The van der Waals surface area contributed by atoms with Crippen LogP contribution in [0.4, 0.5) is 10.2 Å². The first-order valence-electron chi connectivity index (χ1n) is 6.49. The van der Waals surface area contributed by atoms with E-state index in [9.17, 15) is 9.18 Å². The van der Waals surface area contributed by atoms with Crippen LogP contribution in [0.5, 0.6) is 0 Å². The number of halogens is 1. The van der Waals surface area contributed by atoms with E-state index in [2.05, 4.69) is 15.6 Å². The van der Waals surface area contributed by atoms with Crippen molar-refractivity contribution >= 4 is 11.7 Å². The molecule has 1 aliphatic heterocycles. The van der Waals surface area contributed by atoms with Gasteiger partial charge < -0.3 is 15.4 Å². The van der Waals surface area contributed by atoms with Gasteiger partial charge in [0.15, 0.2) is 11.6 Å². The Morgan fingerprint density at radius 1 is 1.63 bits per heavy atom. The lowest BCUT2D eigenvalue weighted by Gasteiger charge is -2.23. The van der Waals surface area contributed by atoms with E-state index < -0.39 is 11.7 Å². The summed E-state index contributed by atoms with van der Waals surface area (Å²) in [6.07, 6.45) is 3.19. The number of aromatic nitrogens is 1. The Labute approximate surface area is 111 Å². The highest BCUT2D eigenvalue weighted by molar-refractivity contribution is 5.95. The van der Waals surface area contributed by atoms with Crippen LogP contribution in [0.15, 0.2) is 12.3 Å². The summed E-state index contributed by atoms with van der Waals surface area (Å²) in [4.78, 5) is 15.9. The van der Waals surface area contributed by atoms with Gasteiger partial charge in [-0.05, 0) is 25.8 Å².